The summed E-state index contributed by atoms with van der Waals surface area (Å²) in [4.78, 5) is 27.6. The molecule has 12 heteroatoms. The average molecular weight is 668 g/mol. The molecule has 4 aromatic carbocycles. The number of anilines is 1. The van der Waals surface area contributed by atoms with Crippen molar-refractivity contribution in [1.29, 1.82) is 5.26 Å². The van der Waals surface area contributed by atoms with E-state index in [2.05, 4.69) is 5.32 Å². The summed E-state index contributed by atoms with van der Waals surface area (Å²) in [6.45, 7) is 0. The molecule has 0 radical (unpaired) electrons. The largest absolute Gasteiger partial charge is 0.418 e. The first-order valence-corrected chi connectivity index (χ1v) is 15.2. The Morgan fingerprint density at radius 3 is 2.30 bits per heavy atom. The molecule has 6 rings (SSSR count). The van der Waals surface area contributed by atoms with Gasteiger partial charge < -0.3 is 5.32 Å². The quantitative estimate of drug-likeness (QED) is 0.218. The minimum atomic E-state index is -4.84. The van der Waals surface area contributed by atoms with Gasteiger partial charge in [-0.1, -0.05) is 78.3 Å². The summed E-state index contributed by atoms with van der Waals surface area (Å²) in [5.74, 6) is -0.928. The van der Waals surface area contributed by atoms with Gasteiger partial charge >= 0.3 is 6.18 Å². The summed E-state index contributed by atoms with van der Waals surface area (Å²) in [7, 11) is 0. The number of hydrogen-bond donors (Lipinski definition) is 1. The fourth-order valence-electron chi connectivity index (χ4n) is 4.90. The Kier molecular flexibility index (Phi) is 8.63. The zero-order valence-electron chi connectivity index (χ0n) is 24.1. The van der Waals surface area contributed by atoms with Gasteiger partial charge in [0.2, 0.25) is 0 Å². The van der Waals surface area contributed by atoms with Crippen LogP contribution < -0.4 is 20.1 Å². The van der Waals surface area contributed by atoms with Gasteiger partial charge in [0.15, 0.2) is 5.57 Å². The van der Waals surface area contributed by atoms with E-state index in [1.165, 1.54) is 30.3 Å². The predicted molar refractivity (Wildman–Crippen MR) is 176 cm³/mol. The first-order chi connectivity index (χ1) is 22.6. The second-order valence-corrected chi connectivity index (χ2v) is 11.6. The molecule has 6 aromatic rings. The predicted octanol–water partition coefficient (Wildman–Crippen LogP) is 6.57. The molecule has 47 heavy (non-hydrogen) atoms. The van der Waals surface area contributed by atoms with Gasteiger partial charge in [-0.25, -0.2) is 4.68 Å². The molecule has 0 aliphatic heterocycles. The second kappa shape index (κ2) is 13.0. The number of carbonyl (C=O) groups excluding carboxylic acids is 1. The van der Waals surface area contributed by atoms with E-state index >= 15 is 0 Å². The van der Waals surface area contributed by atoms with Gasteiger partial charge in [0.05, 0.1) is 27.2 Å². The van der Waals surface area contributed by atoms with Crippen LogP contribution in [-0.4, -0.2) is 20.3 Å². The van der Waals surface area contributed by atoms with Crippen LogP contribution in [0, 0.1) is 11.3 Å². The Morgan fingerprint density at radius 2 is 1.62 bits per heavy atom. The summed E-state index contributed by atoms with van der Waals surface area (Å²) in [6.07, 6.45) is -1.64. The summed E-state index contributed by atoms with van der Waals surface area (Å²) < 4.78 is 44.8. The van der Waals surface area contributed by atoms with Gasteiger partial charge in [0.1, 0.15) is 10.7 Å². The summed E-state index contributed by atoms with van der Waals surface area (Å²) in [6, 6.07) is 30.9. The first kappa shape index (κ1) is 31.3. The highest BCUT2D eigenvalue weighted by atomic mass is 35.5. The van der Waals surface area contributed by atoms with Gasteiger partial charge in [0, 0.05) is 28.0 Å². The van der Waals surface area contributed by atoms with Crippen molar-refractivity contribution in [2.45, 2.75) is 6.18 Å². The molecule has 0 unspecified atom stereocenters. The van der Waals surface area contributed by atoms with E-state index in [-0.39, 0.29) is 14.9 Å². The monoisotopic (exact) mass is 667 g/mol. The van der Waals surface area contributed by atoms with Crippen molar-refractivity contribution < 1.29 is 18.0 Å². The number of nitriles is 1. The number of hydrogen-bond acceptors (Lipinski definition) is 5. The molecular weight excluding hydrogens is 647 g/mol. The summed E-state index contributed by atoms with van der Waals surface area (Å²) in [5.41, 5.74) is -0.321. The van der Waals surface area contributed by atoms with Crippen molar-refractivity contribution in [1.82, 2.24) is 14.3 Å². The highest BCUT2D eigenvalue weighted by Crippen LogP contribution is 2.33. The molecule has 232 valence electrons. The van der Waals surface area contributed by atoms with Crippen molar-refractivity contribution >= 4 is 46.2 Å². The Balaban J connectivity index is 1.64. The molecule has 2 heterocycles. The second-order valence-electron chi connectivity index (χ2n) is 10.1. The molecule has 0 aliphatic carbocycles. The zero-order valence-corrected chi connectivity index (χ0v) is 25.6. The maximum absolute atomic E-state index is 14.2. The third-order valence-electron chi connectivity index (χ3n) is 7.01. The Bertz CT molecular complexity index is 2340. The van der Waals surface area contributed by atoms with Crippen LogP contribution in [-0.2, 0) is 11.0 Å². The van der Waals surface area contributed by atoms with Crippen LogP contribution in [0.5, 0.6) is 0 Å². The summed E-state index contributed by atoms with van der Waals surface area (Å²) >= 11 is 6.76. The van der Waals surface area contributed by atoms with Crippen molar-refractivity contribution in [3.63, 3.8) is 0 Å². The van der Waals surface area contributed by atoms with Gasteiger partial charge in [-0.2, -0.15) is 23.5 Å². The lowest BCUT2D eigenvalue weighted by Crippen LogP contribution is -2.33. The fourth-order valence-corrected chi connectivity index (χ4v) is 6.18. The van der Waals surface area contributed by atoms with Crippen LogP contribution in [0.1, 0.15) is 11.1 Å². The topological polar surface area (TPSA) is 92.7 Å². The van der Waals surface area contributed by atoms with Crippen molar-refractivity contribution in [3.8, 4) is 28.7 Å². The van der Waals surface area contributed by atoms with Crippen LogP contribution in [0.15, 0.2) is 120 Å². The molecular formula is C35H21ClF3N5O2S. The molecule has 0 fully saturated rings. The molecule has 1 amide bonds. The maximum atomic E-state index is 14.2. The number of thiazole rings is 1. The number of alkyl halides is 3. The molecule has 0 saturated heterocycles. The third kappa shape index (κ3) is 6.51. The van der Waals surface area contributed by atoms with Crippen LogP contribution in [0.2, 0.25) is 5.02 Å². The van der Waals surface area contributed by atoms with Crippen molar-refractivity contribution in [2.24, 2.45) is 0 Å². The minimum absolute atomic E-state index is 0.0231. The van der Waals surface area contributed by atoms with E-state index < -0.39 is 34.5 Å². The number of halogens is 4. The number of aromatic nitrogens is 3. The first-order valence-electron chi connectivity index (χ1n) is 14.0. The molecule has 0 spiro atoms. The Morgan fingerprint density at radius 1 is 0.936 bits per heavy atom. The standard InChI is InChI=1S/C35H21ClF3N5O2S/c36-24-12-9-13-25(19-24)41-32(45)27(20-40)34-44(29-17-8-7-16-28(29)35(37,38)39)33(46)30(47-34)18-23-21-43(26-14-5-2-6-15-26)42-31(23)22-10-3-1-4-11-22/h1-19,21H,(H,41,45)/b30-18-,34-27-. The highest BCUT2D eigenvalue weighted by molar-refractivity contribution is 7.07. The average Bonchev–Trinajstić information content (AvgIpc) is 3.63. The van der Waals surface area contributed by atoms with Crippen LogP contribution >= 0.6 is 22.9 Å². The summed E-state index contributed by atoms with van der Waals surface area (Å²) in [5, 5.41) is 17.8. The van der Waals surface area contributed by atoms with Gasteiger partial charge in [0.25, 0.3) is 11.5 Å². The van der Waals surface area contributed by atoms with Gasteiger partial charge in [-0.3, -0.25) is 14.2 Å². The number of carbonyl (C=O) groups is 1. The lowest BCUT2D eigenvalue weighted by molar-refractivity contribution is -0.137. The van der Waals surface area contributed by atoms with E-state index in [0.29, 0.717) is 16.3 Å². The molecule has 0 bridgehead atoms. The van der Waals surface area contributed by atoms with E-state index in [0.717, 1.165) is 39.3 Å². The van der Waals surface area contributed by atoms with Crippen molar-refractivity contribution in [3.05, 3.63) is 151 Å². The molecule has 0 saturated carbocycles. The number of nitrogens with one attached hydrogen (secondary N) is 1. The van der Waals surface area contributed by atoms with Crippen LogP contribution in [0.3, 0.4) is 0 Å². The van der Waals surface area contributed by atoms with Crippen molar-refractivity contribution in [2.75, 3.05) is 5.32 Å². The number of amides is 1. The lowest BCUT2D eigenvalue weighted by atomic mass is 10.1. The third-order valence-corrected chi connectivity index (χ3v) is 8.33. The Hall–Kier alpha value is -5.70. The molecule has 0 aliphatic rings. The molecule has 0 atom stereocenters. The zero-order chi connectivity index (χ0) is 33.1. The van der Waals surface area contributed by atoms with E-state index in [1.54, 1.807) is 29.1 Å². The van der Waals surface area contributed by atoms with E-state index in [4.69, 9.17) is 16.7 Å². The van der Waals surface area contributed by atoms with E-state index in [9.17, 15) is 28.0 Å². The van der Waals surface area contributed by atoms with Gasteiger partial charge in [-0.05, 0) is 48.5 Å². The van der Waals surface area contributed by atoms with Gasteiger partial charge in [-0.15, -0.1) is 11.3 Å². The van der Waals surface area contributed by atoms with Crippen LogP contribution in [0.25, 0.3) is 34.3 Å². The Labute approximate surface area is 274 Å². The maximum Gasteiger partial charge on any atom is 0.418 e. The SMILES string of the molecule is N#C/C(C(=O)Nc1cccc(Cl)c1)=c1/s/c(=C\c2cn(-c3ccccc3)nc2-c2ccccc2)c(=O)n1-c1ccccc1C(F)(F)F. The molecule has 7 nitrogen and oxygen atoms in total. The normalized spacial score (nSPS) is 12.4. The molecule has 1 N–H and O–H groups in total. The number of para-hydroxylation sites is 2. The lowest BCUT2D eigenvalue weighted by Gasteiger charge is -2.13. The fraction of sp³-hybridized carbons (Fsp3) is 0.0286. The number of rotatable bonds is 6. The van der Waals surface area contributed by atoms with E-state index in [1.807, 2.05) is 60.7 Å². The number of nitrogens with zero attached hydrogens (tertiary/aromatic N) is 4. The molecule has 2 aromatic heterocycles. The minimum Gasteiger partial charge on any atom is -0.321 e. The van der Waals surface area contributed by atoms with Crippen LogP contribution in [0.4, 0.5) is 18.9 Å². The number of benzene rings is 4. The highest BCUT2D eigenvalue weighted by Gasteiger charge is 2.34. The smallest absolute Gasteiger partial charge is 0.321 e.